The smallest absolute Gasteiger partial charge is 0.321 e. The molecule has 0 aromatic carbocycles. The van der Waals surface area contributed by atoms with Crippen molar-refractivity contribution in [2.24, 2.45) is 0 Å². The summed E-state index contributed by atoms with van der Waals surface area (Å²) in [5, 5.41) is 8.67. The summed E-state index contributed by atoms with van der Waals surface area (Å²) in [6.45, 7) is 3.91. The van der Waals surface area contributed by atoms with Gasteiger partial charge in [0.05, 0.1) is 10.7 Å². The fourth-order valence-electron chi connectivity index (χ4n) is 1.07. The first-order valence-electron chi connectivity index (χ1n) is 4.83. The van der Waals surface area contributed by atoms with Crippen molar-refractivity contribution in [2.75, 3.05) is 6.54 Å². The lowest BCUT2D eigenvalue weighted by Crippen LogP contribution is -2.42. The van der Waals surface area contributed by atoms with Gasteiger partial charge in [-0.25, -0.2) is 4.79 Å². The van der Waals surface area contributed by atoms with Crippen molar-refractivity contribution in [3.8, 4) is 0 Å². The number of urea groups is 1. The molecular weight excluding hydrogens is 276 g/mol. The third-order valence-corrected chi connectivity index (χ3v) is 2.33. The Hall–Kier alpha value is -1.37. The van der Waals surface area contributed by atoms with Crippen molar-refractivity contribution in [3.63, 3.8) is 0 Å². The van der Waals surface area contributed by atoms with Crippen LogP contribution in [0.25, 0.3) is 0 Å². The van der Waals surface area contributed by atoms with Crippen LogP contribution in [0.5, 0.6) is 0 Å². The fourth-order valence-corrected chi connectivity index (χ4v) is 1.37. The molecule has 0 aliphatic carbocycles. The van der Waals surface area contributed by atoms with Crippen LogP contribution in [0.2, 0.25) is 0 Å². The van der Waals surface area contributed by atoms with E-state index in [1.165, 1.54) is 4.68 Å². The molecule has 16 heavy (non-hydrogen) atoms. The first kappa shape index (κ1) is 12.7. The van der Waals surface area contributed by atoms with Gasteiger partial charge in [-0.1, -0.05) is 0 Å². The number of halogens is 1. The molecule has 7 heteroatoms. The van der Waals surface area contributed by atoms with E-state index in [0.29, 0.717) is 6.54 Å². The first-order valence-corrected chi connectivity index (χ1v) is 5.62. The standard InChI is InChI=1S/C9H13BrN4O2/c1-3-11-9(16)13-8(15)6(2)14-5-7(10)4-12-14/h4-6H,3H2,1-2H3,(H2,11,13,15,16). The molecule has 1 aromatic heterocycles. The van der Waals surface area contributed by atoms with Crippen molar-refractivity contribution in [3.05, 3.63) is 16.9 Å². The minimum atomic E-state index is -0.533. The molecule has 1 unspecified atom stereocenters. The van der Waals surface area contributed by atoms with E-state index in [9.17, 15) is 9.59 Å². The Morgan fingerprint density at radius 3 is 2.81 bits per heavy atom. The summed E-state index contributed by atoms with van der Waals surface area (Å²) in [5.74, 6) is -0.401. The SMILES string of the molecule is CCNC(=O)NC(=O)C(C)n1cc(Br)cn1. The highest BCUT2D eigenvalue weighted by Crippen LogP contribution is 2.11. The molecule has 1 rings (SSSR count). The maximum absolute atomic E-state index is 11.6. The van der Waals surface area contributed by atoms with E-state index in [2.05, 4.69) is 31.7 Å². The average molecular weight is 289 g/mol. The van der Waals surface area contributed by atoms with Crippen LogP contribution >= 0.6 is 15.9 Å². The summed E-state index contributed by atoms with van der Waals surface area (Å²) < 4.78 is 2.25. The summed E-state index contributed by atoms with van der Waals surface area (Å²) >= 11 is 3.23. The van der Waals surface area contributed by atoms with Crippen molar-refractivity contribution in [1.29, 1.82) is 0 Å². The van der Waals surface area contributed by atoms with Gasteiger partial charge in [-0.3, -0.25) is 14.8 Å². The van der Waals surface area contributed by atoms with E-state index in [1.54, 1.807) is 26.2 Å². The maximum atomic E-state index is 11.6. The number of aromatic nitrogens is 2. The average Bonchev–Trinajstić information content (AvgIpc) is 2.64. The van der Waals surface area contributed by atoms with E-state index in [1.807, 2.05) is 0 Å². The number of amides is 3. The second-order valence-electron chi connectivity index (χ2n) is 3.16. The molecule has 88 valence electrons. The zero-order valence-corrected chi connectivity index (χ0v) is 10.6. The molecule has 0 spiro atoms. The molecule has 6 nitrogen and oxygen atoms in total. The molecule has 1 heterocycles. The molecular formula is C9H13BrN4O2. The molecule has 0 saturated heterocycles. The van der Waals surface area contributed by atoms with E-state index in [-0.39, 0.29) is 0 Å². The van der Waals surface area contributed by atoms with Crippen LogP contribution in [-0.4, -0.2) is 28.3 Å². The number of hydrogen-bond donors (Lipinski definition) is 2. The number of nitrogens with zero attached hydrogens (tertiary/aromatic N) is 2. The second kappa shape index (κ2) is 5.64. The van der Waals surface area contributed by atoms with Crippen molar-refractivity contribution >= 4 is 27.9 Å². The normalized spacial score (nSPS) is 11.9. The van der Waals surface area contributed by atoms with E-state index in [0.717, 1.165) is 4.47 Å². The van der Waals surface area contributed by atoms with E-state index in [4.69, 9.17) is 0 Å². The van der Waals surface area contributed by atoms with Crippen LogP contribution in [0, 0.1) is 0 Å². The third-order valence-electron chi connectivity index (χ3n) is 1.92. The maximum Gasteiger partial charge on any atom is 0.321 e. The molecule has 0 radical (unpaired) electrons. The number of carbonyl (C=O) groups is 2. The Morgan fingerprint density at radius 2 is 2.31 bits per heavy atom. The lowest BCUT2D eigenvalue weighted by Gasteiger charge is -2.11. The lowest BCUT2D eigenvalue weighted by atomic mass is 10.3. The zero-order chi connectivity index (χ0) is 12.1. The Morgan fingerprint density at radius 1 is 1.62 bits per heavy atom. The Labute approximate surface area is 102 Å². The Balaban J connectivity index is 2.57. The van der Waals surface area contributed by atoms with Gasteiger partial charge in [0.15, 0.2) is 0 Å². The van der Waals surface area contributed by atoms with E-state index < -0.39 is 18.0 Å². The molecule has 2 N–H and O–H groups in total. The molecule has 0 aliphatic heterocycles. The highest BCUT2D eigenvalue weighted by atomic mass is 79.9. The topological polar surface area (TPSA) is 76.0 Å². The van der Waals surface area contributed by atoms with Gasteiger partial charge >= 0.3 is 6.03 Å². The van der Waals surface area contributed by atoms with Gasteiger partial charge in [-0.15, -0.1) is 0 Å². The highest BCUT2D eigenvalue weighted by Gasteiger charge is 2.17. The summed E-state index contributed by atoms with van der Waals surface area (Å²) in [6.07, 6.45) is 3.25. The monoisotopic (exact) mass is 288 g/mol. The largest absolute Gasteiger partial charge is 0.338 e. The molecule has 0 bridgehead atoms. The number of nitrogens with one attached hydrogen (secondary N) is 2. The highest BCUT2D eigenvalue weighted by molar-refractivity contribution is 9.10. The van der Waals surface area contributed by atoms with Crippen LogP contribution in [0.4, 0.5) is 4.79 Å². The fraction of sp³-hybridized carbons (Fsp3) is 0.444. The van der Waals surface area contributed by atoms with Gasteiger partial charge in [-0.05, 0) is 29.8 Å². The number of hydrogen-bond acceptors (Lipinski definition) is 3. The molecule has 0 saturated carbocycles. The molecule has 3 amide bonds. The van der Waals surface area contributed by atoms with Crippen LogP contribution in [0.15, 0.2) is 16.9 Å². The quantitative estimate of drug-likeness (QED) is 0.873. The van der Waals surface area contributed by atoms with Gasteiger partial charge in [0.2, 0.25) is 0 Å². The van der Waals surface area contributed by atoms with E-state index >= 15 is 0 Å². The van der Waals surface area contributed by atoms with Gasteiger partial charge < -0.3 is 5.32 Å². The van der Waals surface area contributed by atoms with Gasteiger partial charge in [0.25, 0.3) is 5.91 Å². The number of rotatable bonds is 3. The third kappa shape index (κ3) is 3.34. The Bertz CT molecular complexity index is 391. The molecule has 0 fully saturated rings. The number of carbonyl (C=O) groups excluding carboxylic acids is 2. The van der Waals surface area contributed by atoms with Crippen molar-refractivity contribution < 1.29 is 9.59 Å². The van der Waals surface area contributed by atoms with Gasteiger partial charge in [-0.2, -0.15) is 5.10 Å². The Kier molecular flexibility index (Phi) is 4.48. The van der Waals surface area contributed by atoms with Crippen LogP contribution in [0.3, 0.4) is 0 Å². The number of imide groups is 1. The summed E-state index contributed by atoms with van der Waals surface area (Å²) in [5.41, 5.74) is 0. The zero-order valence-electron chi connectivity index (χ0n) is 9.03. The minimum absolute atomic E-state index is 0.401. The van der Waals surface area contributed by atoms with Crippen LogP contribution in [0.1, 0.15) is 19.9 Å². The molecule has 0 aliphatic rings. The van der Waals surface area contributed by atoms with Gasteiger partial charge in [0, 0.05) is 12.7 Å². The van der Waals surface area contributed by atoms with Gasteiger partial charge in [0.1, 0.15) is 6.04 Å². The lowest BCUT2D eigenvalue weighted by molar-refractivity contribution is -0.123. The van der Waals surface area contributed by atoms with Crippen molar-refractivity contribution in [2.45, 2.75) is 19.9 Å². The summed E-state index contributed by atoms with van der Waals surface area (Å²) in [4.78, 5) is 22.7. The summed E-state index contributed by atoms with van der Waals surface area (Å²) in [6, 6.07) is -1.03. The first-order chi connectivity index (χ1) is 7.54. The predicted molar refractivity (Wildman–Crippen MR) is 61.9 cm³/mol. The second-order valence-corrected chi connectivity index (χ2v) is 4.08. The van der Waals surface area contributed by atoms with Crippen molar-refractivity contribution in [1.82, 2.24) is 20.4 Å². The molecule has 1 atom stereocenters. The van der Waals surface area contributed by atoms with Crippen LogP contribution in [-0.2, 0) is 4.79 Å². The molecule has 1 aromatic rings. The minimum Gasteiger partial charge on any atom is -0.338 e. The van der Waals surface area contributed by atoms with Crippen LogP contribution < -0.4 is 10.6 Å². The predicted octanol–water partition coefficient (Wildman–Crippen LogP) is 1.05. The summed E-state index contributed by atoms with van der Waals surface area (Å²) in [7, 11) is 0.